The van der Waals surface area contributed by atoms with Crippen molar-refractivity contribution in [2.45, 2.75) is 20.1 Å². The van der Waals surface area contributed by atoms with Crippen LogP contribution in [0, 0.1) is 6.92 Å². The van der Waals surface area contributed by atoms with Gasteiger partial charge in [-0.1, -0.05) is 42.5 Å². The standard InChI is InChI=1S/C29H26N2O5/c1-19-25(29(33)34)15-23(16-30-19)26-14-22(10-13-27(26)35-2)28(32)31-24-11-8-21(9-12-24)18-36-17-20-6-4-3-5-7-20/h3-16H,17-18H2,1-2H3,(H,31,32)(H,33,34). The largest absolute Gasteiger partial charge is 0.496 e. The van der Waals surface area contributed by atoms with Gasteiger partial charge in [0, 0.05) is 28.6 Å². The first-order valence-electron chi connectivity index (χ1n) is 11.3. The zero-order chi connectivity index (χ0) is 25.5. The summed E-state index contributed by atoms with van der Waals surface area (Å²) in [6.45, 7) is 2.63. The second-order valence-electron chi connectivity index (χ2n) is 8.21. The molecule has 0 saturated carbocycles. The third-order valence-corrected chi connectivity index (χ3v) is 5.68. The molecular weight excluding hydrogens is 456 g/mol. The van der Waals surface area contributed by atoms with Crippen molar-refractivity contribution in [2.24, 2.45) is 0 Å². The van der Waals surface area contributed by atoms with Gasteiger partial charge in [0.15, 0.2) is 0 Å². The molecule has 1 aromatic heterocycles. The van der Waals surface area contributed by atoms with E-state index in [0.717, 1.165) is 11.1 Å². The fourth-order valence-electron chi connectivity index (χ4n) is 3.72. The smallest absolute Gasteiger partial charge is 0.337 e. The lowest BCUT2D eigenvalue weighted by molar-refractivity contribution is 0.0695. The van der Waals surface area contributed by atoms with E-state index in [-0.39, 0.29) is 11.5 Å². The zero-order valence-electron chi connectivity index (χ0n) is 20.0. The molecule has 0 unspecified atom stereocenters. The van der Waals surface area contributed by atoms with Crippen LogP contribution in [0.4, 0.5) is 5.69 Å². The van der Waals surface area contributed by atoms with E-state index in [1.807, 2.05) is 54.6 Å². The van der Waals surface area contributed by atoms with E-state index in [0.29, 0.717) is 47.0 Å². The van der Waals surface area contributed by atoms with Crippen molar-refractivity contribution in [3.05, 3.63) is 113 Å². The van der Waals surface area contributed by atoms with Crippen molar-refractivity contribution >= 4 is 17.6 Å². The van der Waals surface area contributed by atoms with E-state index in [9.17, 15) is 14.7 Å². The first-order chi connectivity index (χ1) is 17.4. The monoisotopic (exact) mass is 482 g/mol. The van der Waals surface area contributed by atoms with Crippen LogP contribution in [0.15, 0.2) is 85.1 Å². The van der Waals surface area contributed by atoms with Gasteiger partial charge in [-0.25, -0.2) is 4.79 Å². The van der Waals surface area contributed by atoms with Gasteiger partial charge in [-0.05, 0) is 54.4 Å². The first-order valence-corrected chi connectivity index (χ1v) is 11.3. The maximum atomic E-state index is 13.0. The average molecular weight is 483 g/mol. The molecule has 182 valence electrons. The van der Waals surface area contributed by atoms with E-state index >= 15 is 0 Å². The molecule has 2 N–H and O–H groups in total. The number of amides is 1. The summed E-state index contributed by atoms with van der Waals surface area (Å²) in [6, 6.07) is 24.0. The van der Waals surface area contributed by atoms with Crippen LogP contribution in [0.5, 0.6) is 5.75 Å². The summed E-state index contributed by atoms with van der Waals surface area (Å²) in [5.74, 6) is -0.859. The van der Waals surface area contributed by atoms with Gasteiger partial charge < -0.3 is 19.9 Å². The third kappa shape index (κ3) is 5.95. The average Bonchev–Trinajstić information content (AvgIpc) is 2.90. The number of carboxylic acids is 1. The van der Waals surface area contributed by atoms with Crippen molar-refractivity contribution in [3.63, 3.8) is 0 Å². The zero-order valence-corrected chi connectivity index (χ0v) is 20.0. The minimum Gasteiger partial charge on any atom is -0.496 e. The van der Waals surface area contributed by atoms with Gasteiger partial charge in [0.1, 0.15) is 5.75 Å². The molecule has 7 nitrogen and oxygen atoms in total. The number of rotatable bonds is 9. The maximum Gasteiger partial charge on any atom is 0.337 e. The number of carbonyl (C=O) groups is 2. The molecule has 7 heteroatoms. The number of aromatic carboxylic acids is 1. The predicted molar refractivity (Wildman–Crippen MR) is 137 cm³/mol. The minimum atomic E-state index is -1.07. The van der Waals surface area contributed by atoms with Crippen LogP contribution in [0.25, 0.3) is 11.1 Å². The highest BCUT2D eigenvalue weighted by Gasteiger charge is 2.16. The number of methoxy groups -OCH3 is 1. The number of carbonyl (C=O) groups excluding carboxylic acids is 1. The van der Waals surface area contributed by atoms with Crippen LogP contribution in [-0.2, 0) is 18.0 Å². The molecule has 0 atom stereocenters. The third-order valence-electron chi connectivity index (χ3n) is 5.68. The fourth-order valence-corrected chi connectivity index (χ4v) is 3.72. The summed E-state index contributed by atoms with van der Waals surface area (Å²) in [7, 11) is 1.52. The van der Waals surface area contributed by atoms with Gasteiger partial charge in [0.2, 0.25) is 0 Å². The van der Waals surface area contributed by atoms with Gasteiger partial charge in [-0.15, -0.1) is 0 Å². The van der Waals surface area contributed by atoms with Crippen molar-refractivity contribution in [2.75, 3.05) is 12.4 Å². The number of pyridine rings is 1. The number of nitrogens with zero attached hydrogens (tertiary/aromatic N) is 1. The van der Waals surface area contributed by atoms with Crippen molar-refractivity contribution in [1.29, 1.82) is 0 Å². The summed E-state index contributed by atoms with van der Waals surface area (Å²) in [6.07, 6.45) is 1.57. The van der Waals surface area contributed by atoms with E-state index in [2.05, 4.69) is 10.3 Å². The molecule has 1 heterocycles. The highest BCUT2D eigenvalue weighted by atomic mass is 16.5. The van der Waals surface area contributed by atoms with Gasteiger partial charge in [-0.3, -0.25) is 9.78 Å². The second kappa shape index (κ2) is 11.3. The number of anilines is 1. The van der Waals surface area contributed by atoms with Crippen LogP contribution in [0.2, 0.25) is 0 Å². The molecule has 0 radical (unpaired) electrons. The van der Waals surface area contributed by atoms with E-state index in [1.165, 1.54) is 13.2 Å². The number of nitrogens with one attached hydrogen (secondary N) is 1. The van der Waals surface area contributed by atoms with Gasteiger partial charge in [0.05, 0.1) is 31.6 Å². The lowest BCUT2D eigenvalue weighted by atomic mass is 10.0. The minimum absolute atomic E-state index is 0.0947. The van der Waals surface area contributed by atoms with Crippen LogP contribution in [0.3, 0.4) is 0 Å². The topological polar surface area (TPSA) is 97.8 Å². The number of benzene rings is 3. The fraction of sp³-hybridized carbons (Fsp3) is 0.138. The van der Waals surface area contributed by atoms with Crippen molar-refractivity contribution in [3.8, 4) is 16.9 Å². The lowest BCUT2D eigenvalue weighted by Gasteiger charge is -2.13. The van der Waals surface area contributed by atoms with Gasteiger partial charge >= 0.3 is 5.97 Å². The lowest BCUT2D eigenvalue weighted by Crippen LogP contribution is -2.12. The predicted octanol–water partition coefficient (Wildman–Crippen LogP) is 5.73. The Kier molecular flexibility index (Phi) is 7.72. The Morgan fingerprint density at radius 1 is 0.917 bits per heavy atom. The number of ether oxygens (including phenoxy) is 2. The highest BCUT2D eigenvalue weighted by molar-refractivity contribution is 6.05. The molecule has 0 fully saturated rings. The van der Waals surface area contributed by atoms with Gasteiger partial charge in [0.25, 0.3) is 5.91 Å². The molecule has 36 heavy (non-hydrogen) atoms. The summed E-state index contributed by atoms with van der Waals surface area (Å²) < 4.78 is 11.2. The van der Waals surface area contributed by atoms with E-state index < -0.39 is 5.97 Å². The molecule has 0 aliphatic carbocycles. The summed E-state index contributed by atoms with van der Waals surface area (Å²) in [5.41, 5.74) is 4.78. The first kappa shape index (κ1) is 24.6. The molecule has 0 spiro atoms. The summed E-state index contributed by atoms with van der Waals surface area (Å²) in [4.78, 5) is 28.7. The number of carboxylic acid groups (broad SMARTS) is 1. The SMILES string of the molecule is COc1ccc(C(=O)Nc2ccc(COCc3ccccc3)cc2)cc1-c1cnc(C)c(C(=O)O)c1. The highest BCUT2D eigenvalue weighted by Crippen LogP contribution is 2.32. The van der Waals surface area contributed by atoms with E-state index in [1.54, 1.807) is 31.3 Å². The van der Waals surface area contributed by atoms with E-state index in [4.69, 9.17) is 9.47 Å². The number of aryl methyl sites for hydroxylation is 1. The molecule has 0 aliphatic heterocycles. The Bertz CT molecular complexity index is 1370. The summed E-state index contributed by atoms with van der Waals surface area (Å²) >= 11 is 0. The molecule has 1 amide bonds. The van der Waals surface area contributed by atoms with Gasteiger partial charge in [-0.2, -0.15) is 0 Å². The van der Waals surface area contributed by atoms with Crippen LogP contribution >= 0.6 is 0 Å². The summed E-state index contributed by atoms with van der Waals surface area (Å²) in [5, 5.41) is 12.3. The molecule has 4 rings (SSSR count). The molecule has 0 aliphatic rings. The molecule has 4 aromatic rings. The normalized spacial score (nSPS) is 10.6. The quantitative estimate of drug-likeness (QED) is 0.316. The van der Waals surface area contributed by atoms with Crippen molar-refractivity contribution < 1.29 is 24.2 Å². The Morgan fingerprint density at radius 2 is 1.61 bits per heavy atom. The maximum absolute atomic E-state index is 13.0. The number of aromatic nitrogens is 1. The van der Waals surface area contributed by atoms with Crippen LogP contribution in [0.1, 0.15) is 37.5 Å². The second-order valence-corrected chi connectivity index (χ2v) is 8.21. The molecule has 0 bridgehead atoms. The molecule has 0 saturated heterocycles. The van der Waals surface area contributed by atoms with Crippen LogP contribution in [-0.4, -0.2) is 29.1 Å². The Hall–Kier alpha value is -4.49. The Balaban J connectivity index is 1.45. The molecular formula is C29H26N2O5. The number of hydrogen-bond donors (Lipinski definition) is 2. The number of hydrogen-bond acceptors (Lipinski definition) is 5. The van der Waals surface area contributed by atoms with Crippen molar-refractivity contribution in [1.82, 2.24) is 4.98 Å². The Labute approximate surface area is 209 Å². The van der Waals surface area contributed by atoms with Crippen LogP contribution < -0.4 is 10.1 Å². The Morgan fingerprint density at radius 3 is 2.28 bits per heavy atom. The molecule has 3 aromatic carbocycles.